The summed E-state index contributed by atoms with van der Waals surface area (Å²) in [5, 5.41) is 2.84. The lowest BCUT2D eigenvalue weighted by Gasteiger charge is -2.11. The molecule has 8 heteroatoms. The van der Waals surface area contributed by atoms with Crippen LogP contribution in [0.4, 0.5) is 11.4 Å². The van der Waals surface area contributed by atoms with E-state index in [0.29, 0.717) is 16.9 Å². The highest BCUT2D eigenvalue weighted by Crippen LogP contribution is 2.24. The highest BCUT2D eigenvalue weighted by Gasteiger charge is 2.16. The minimum Gasteiger partial charge on any atom is -0.322 e. The Hall–Kier alpha value is -3.62. The molecule has 0 aliphatic rings. The van der Waals surface area contributed by atoms with Crippen molar-refractivity contribution in [1.29, 1.82) is 0 Å². The van der Waals surface area contributed by atoms with Gasteiger partial charge in [0.1, 0.15) is 0 Å². The van der Waals surface area contributed by atoms with E-state index in [-0.39, 0.29) is 10.8 Å². The van der Waals surface area contributed by atoms with Crippen molar-refractivity contribution >= 4 is 39.1 Å². The van der Waals surface area contributed by atoms with E-state index in [9.17, 15) is 13.2 Å². The van der Waals surface area contributed by atoms with Crippen LogP contribution in [0.25, 0.3) is 0 Å². The van der Waals surface area contributed by atoms with E-state index in [4.69, 9.17) is 0 Å². The van der Waals surface area contributed by atoms with Crippen LogP contribution < -0.4 is 10.0 Å². The highest BCUT2D eigenvalue weighted by molar-refractivity contribution is 7.98. The molecular formula is C26H23N3O3S2. The first-order chi connectivity index (χ1) is 16.4. The molecule has 0 spiro atoms. The standard InChI is InChI=1S/C26H23N3O3S2/c1-19-5-2-3-7-25(19)29-34(31,32)24-14-8-21(9-15-24)26(30)28-22-10-12-23(13-11-22)33-18-20-6-4-16-27-17-20/h2-17,29H,18H2,1H3,(H,28,30). The number of rotatable bonds is 8. The normalized spacial score (nSPS) is 11.1. The number of pyridine rings is 1. The van der Waals surface area contributed by atoms with Gasteiger partial charge in [0.05, 0.1) is 10.6 Å². The Kier molecular flexibility index (Phi) is 7.30. The molecule has 0 aliphatic heterocycles. The average Bonchev–Trinajstić information content (AvgIpc) is 2.86. The molecule has 0 unspecified atom stereocenters. The summed E-state index contributed by atoms with van der Waals surface area (Å²) in [6.07, 6.45) is 3.59. The van der Waals surface area contributed by atoms with Crippen LogP contribution in [-0.4, -0.2) is 19.3 Å². The summed E-state index contributed by atoms with van der Waals surface area (Å²) >= 11 is 1.69. The number of thioether (sulfide) groups is 1. The average molecular weight is 490 g/mol. The third kappa shape index (κ3) is 6.03. The number of aryl methyl sites for hydroxylation is 1. The predicted octanol–water partition coefficient (Wildman–Crippen LogP) is 5.74. The summed E-state index contributed by atoms with van der Waals surface area (Å²) in [7, 11) is -3.76. The van der Waals surface area contributed by atoms with Crippen molar-refractivity contribution in [3.8, 4) is 0 Å². The van der Waals surface area contributed by atoms with Crippen LogP contribution in [0.15, 0.2) is 107 Å². The highest BCUT2D eigenvalue weighted by atomic mass is 32.2. The van der Waals surface area contributed by atoms with Crippen LogP contribution in [0.1, 0.15) is 21.5 Å². The van der Waals surface area contributed by atoms with Gasteiger partial charge in [-0.05, 0) is 78.7 Å². The molecule has 0 aliphatic carbocycles. The van der Waals surface area contributed by atoms with Gasteiger partial charge < -0.3 is 5.32 Å². The second kappa shape index (κ2) is 10.5. The minimum absolute atomic E-state index is 0.0855. The molecule has 1 amide bonds. The Balaban J connectivity index is 1.36. The second-order valence-corrected chi connectivity index (χ2v) is 10.3. The van der Waals surface area contributed by atoms with E-state index in [1.54, 1.807) is 30.1 Å². The van der Waals surface area contributed by atoms with Crippen LogP contribution in [0, 0.1) is 6.92 Å². The van der Waals surface area contributed by atoms with Crippen LogP contribution >= 0.6 is 11.8 Å². The largest absolute Gasteiger partial charge is 0.322 e. The Labute approximate surface area is 203 Å². The maximum atomic E-state index is 12.7. The van der Waals surface area contributed by atoms with Gasteiger partial charge in [0.25, 0.3) is 15.9 Å². The summed E-state index contributed by atoms with van der Waals surface area (Å²) in [4.78, 5) is 17.9. The fourth-order valence-corrected chi connectivity index (χ4v) is 5.13. The molecule has 0 saturated carbocycles. The Bertz CT molecular complexity index is 1370. The van der Waals surface area contributed by atoms with Crippen molar-refractivity contribution in [2.45, 2.75) is 22.5 Å². The monoisotopic (exact) mass is 489 g/mol. The van der Waals surface area contributed by atoms with Crippen LogP contribution in [0.5, 0.6) is 0 Å². The number of nitrogens with one attached hydrogen (secondary N) is 2. The van der Waals surface area contributed by atoms with Crippen molar-refractivity contribution in [3.63, 3.8) is 0 Å². The van der Waals surface area contributed by atoms with Crippen molar-refractivity contribution in [1.82, 2.24) is 4.98 Å². The minimum atomic E-state index is -3.76. The molecule has 0 fully saturated rings. The topological polar surface area (TPSA) is 88.2 Å². The molecule has 34 heavy (non-hydrogen) atoms. The third-order valence-electron chi connectivity index (χ3n) is 5.06. The van der Waals surface area contributed by atoms with Crippen molar-refractivity contribution in [2.24, 2.45) is 0 Å². The first-order valence-electron chi connectivity index (χ1n) is 10.5. The van der Waals surface area contributed by atoms with Crippen LogP contribution in [0.2, 0.25) is 0 Å². The number of benzene rings is 3. The molecule has 3 aromatic carbocycles. The van der Waals surface area contributed by atoms with E-state index < -0.39 is 10.0 Å². The molecule has 0 atom stereocenters. The maximum absolute atomic E-state index is 12.7. The van der Waals surface area contributed by atoms with Gasteiger partial charge in [-0.1, -0.05) is 24.3 Å². The SMILES string of the molecule is Cc1ccccc1NS(=O)(=O)c1ccc(C(=O)Nc2ccc(SCc3cccnc3)cc2)cc1. The Morgan fingerprint density at radius 2 is 1.65 bits per heavy atom. The first-order valence-corrected chi connectivity index (χ1v) is 13.0. The lowest BCUT2D eigenvalue weighted by molar-refractivity contribution is 0.102. The molecule has 0 radical (unpaired) electrons. The van der Waals surface area contributed by atoms with Gasteiger partial charge in [0, 0.05) is 34.3 Å². The summed E-state index contributed by atoms with van der Waals surface area (Å²) in [6.45, 7) is 1.83. The van der Waals surface area contributed by atoms with Gasteiger partial charge in [-0.25, -0.2) is 8.42 Å². The quantitative estimate of drug-likeness (QED) is 0.308. The lowest BCUT2D eigenvalue weighted by Crippen LogP contribution is -2.15. The van der Waals surface area contributed by atoms with Crippen molar-refractivity contribution in [2.75, 3.05) is 10.0 Å². The summed E-state index contributed by atoms with van der Waals surface area (Å²) in [5.41, 5.74) is 3.51. The zero-order chi connectivity index (χ0) is 24.0. The molecule has 2 N–H and O–H groups in total. The van der Waals surface area contributed by atoms with E-state index in [1.807, 2.05) is 61.7 Å². The van der Waals surface area contributed by atoms with Gasteiger partial charge in [-0.3, -0.25) is 14.5 Å². The van der Waals surface area contributed by atoms with E-state index in [0.717, 1.165) is 21.8 Å². The third-order valence-corrected chi connectivity index (χ3v) is 7.52. The van der Waals surface area contributed by atoms with Crippen LogP contribution in [0.3, 0.4) is 0 Å². The van der Waals surface area contributed by atoms with Gasteiger partial charge in [0.15, 0.2) is 0 Å². The van der Waals surface area contributed by atoms with Gasteiger partial charge in [0.2, 0.25) is 0 Å². The molecule has 1 aromatic heterocycles. The molecule has 1 heterocycles. The fraction of sp³-hybridized carbons (Fsp3) is 0.0769. The number of amides is 1. The summed E-state index contributed by atoms with van der Waals surface area (Å²) in [6, 6.07) is 24.5. The summed E-state index contributed by atoms with van der Waals surface area (Å²) < 4.78 is 28.0. The number of hydrogen-bond acceptors (Lipinski definition) is 5. The van der Waals surface area contributed by atoms with E-state index in [2.05, 4.69) is 15.0 Å². The van der Waals surface area contributed by atoms with Gasteiger partial charge >= 0.3 is 0 Å². The number of anilines is 2. The van der Waals surface area contributed by atoms with Crippen molar-refractivity contribution in [3.05, 3.63) is 114 Å². The molecule has 0 saturated heterocycles. The molecule has 6 nitrogen and oxygen atoms in total. The second-order valence-electron chi connectivity index (χ2n) is 7.57. The smallest absolute Gasteiger partial charge is 0.261 e. The van der Waals surface area contributed by atoms with Crippen LogP contribution in [-0.2, 0) is 15.8 Å². The Morgan fingerprint density at radius 1 is 0.912 bits per heavy atom. The zero-order valence-corrected chi connectivity index (χ0v) is 20.1. The fourth-order valence-electron chi connectivity index (χ4n) is 3.16. The molecule has 4 rings (SSSR count). The first kappa shape index (κ1) is 23.5. The number of carbonyl (C=O) groups is 1. The van der Waals surface area contributed by atoms with Crippen molar-refractivity contribution < 1.29 is 13.2 Å². The number of para-hydroxylation sites is 1. The zero-order valence-electron chi connectivity index (χ0n) is 18.4. The number of aromatic nitrogens is 1. The molecule has 4 aromatic rings. The number of nitrogens with zero attached hydrogens (tertiary/aromatic N) is 1. The molecular weight excluding hydrogens is 466 g/mol. The molecule has 0 bridgehead atoms. The molecule has 172 valence electrons. The Morgan fingerprint density at radius 3 is 2.32 bits per heavy atom. The maximum Gasteiger partial charge on any atom is 0.261 e. The van der Waals surface area contributed by atoms with E-state index >= 15 is 0 Å². The van der Waals surface area contributed by atoms with Gasteiger partial charge in [-0.15, -0.1) is 11.8 Å². The summed E-state index contributed by atoms with van der Waals surface area (Å²) in [5.74, 6) is 0.500. The predicted molar refractivity (Wildman–Crippen MR) is 137 cm³/mol. The number of hydrogen-bond donors (Lipinski definition) is 2. The van der Waals surface area contributed by atoms with E-state index in [1.165, 1.54) is 24.3 Å². The number of sulfonamides is 1. The number of carbonyl (C=O) groups excluding carboxylic acids is 1. The lowest BCUT2D eigenvalue weighted by atomic mass is 10.2. The van der Waals surface area contributed by atoms with Gasteiger partial charge in [-0.2, -0.15) is 0 Å².